The Kier molecular flexibility index (Phi) is 8.27. The molecule has 0 atom stereocenters. The van der Waals surface area contributed by atoms with Crippen LogP contribution in [0.4, 0.5) is 8.78 Å². The van der Waals surface area contributed by atoms with Gasteiger partial charge in [-0.2, -0.15) is 0 Å². The van der Waals surface area contributed by atoms with Gasteiger partial charge in [0.05, 0.1) is 6.54 Å². The highest BCUT2D eigenvalue weighted by Gasteiger charge is 2.28. The number of nitrogens with zero attached hydrogens (tertiary/aromatic N) is 2. The number of hydrogen-bond acceptors (Lipinski definition) is 3. The summed E-state index contributed by atoms with van der Waals surface area (Å²) in [5, 5.41) is 3.03. The molecular formula is C27H33F2N3O2. The maximum Gasteiger partial charge on any atom is 0.251 e. The molecule has 7 heteroatoms. The van der Waals surface area contributed by atoms with Crippen molar-refractivity contribution in [2.24, 2.45) is 0 Å². The smallest absolute Gasteiger partial charge is 0.251 e. The van der Waals surface area contributed by atoms with E-state index in [1.54, 1.807) is 12.1 Å². The Bertz CT molecular complexity index is 951. The van der Waals surface area contributed by atoms with Crippen molar-refractivity contribution in [3.8, 4) is 0 Å². The molecule has 1 saturated heterocycles. The number of hydrogen-bond donors (Lipinski definition) is 1. The zero-order valence-corrected chi connectivity index (χ0v) is 19.5. The standard InChI is InChI=1S/C27H33F2N3O2/c28-22-10-6-20(7-11-22)18-32(25-4-2-1-3-5-25)26(33)19-31-16-14-24(15-17-31)30-27(34)21-8-12-23(29)13-9-21/h6-13,24-25H,1-5,14-19H2,(H,30,34). The minimum Gasteiger partial charge on any atom is -0.349 e. The average Bonchev–Trinajstić information content (AvgIpc) is 2.85. The zero-order chi connectivity index (χ0) is 23.9. The fourth-order valence-electron chi connectivity index (χ4n) is 4.99. The van der Waals surface area contributed by atoms with Crippen molar-refractivity contribution in [1.29, 1.82) is 0 Å². The highest BCUT2D eigenvalue weighted by Crippen LogP contribution is 2.25. The highest BCUT2D eigenvalue weighted by molar-refractivity contribution is 5.94. The van der Waals surface area contributed by atoms with Gasteiger partial charge in [0, 0.05) is 37.3 Å². The summed E-state index contributed by atoms with van der Waals surface area (Å²) in [4.78, 5) is 29.9. The first-order chi connectivity index (χ1) is 16.5. The minimum atomic E-state index is -0.365. The average molecular weight is 470 g/mol. The molecule has 1 saturated carbocycles. The molecule has 0 spiro atoms. The molecule has 0 unspecified atom stereocenters. The van der Waals surface area contributed by atoms with Gasteiger partial charge in [-0.1, -0.05) is 31.4 Å². The van der Waals surface area contributed by atoms with Crippen molar-refractivity contribution >= 4 is 11.8 Å². The number of nitrogens with one attached hydrogen (secondary N) is 1. The van der Waals surface area contributed by atoms with E-state index >= 15 is 0 Å². The number of halogens is 2. The fourth-order valence-corrected chi connectivity index (χ4v) is 4.99. The van der Waals surface area contributed by atoms with E-state index in [1.165, 1.54) is 42.8 Å². The van der Waals surface area contributed by atoms with Gasteiger partial charge < -0.3 is 10.2 Å². The van der Waals surface area contributed by atoms with E-state index in [-0.39, 0.29) is 35.5 Å². The molecule has 2 aromatic rings. The van der Waals surface area contributed by atoms with Crippen molar-refractivity contribution in [2.45, 2.75) is 63.6 Å². The summed E-state index contributed by atoms with van der Waals surface area (Å²) in [5.74, 6) is -0.716. The summed E-state index contributed by atoms with van der Waals surface area (Å²) in [7, 11) is 0. The molecule has 2 aromatic carbocycles. The second-order valence-corrected chi connectivity index (χ2v) is 9.47. The molecule has 1 N–H and O–H groups in total. The van der Waals surface area contributed by atoms with Crippen molar-refractivity contribution < 1.29 is 18.4 Å². The van der Waals surface area contributed by atoms with Crippen LogP contribution < -0.4 is 5.32 Å². The van der Waals surface area contributed by atoms with Gasteiger partial charge in [0.2, 0.25) is 5.91 Å². The van der Waals surface area contributed by atoms with Crippen LogP contribution in [-0.4, -0.2) is 53.3 Å². The first-order valence-corrected chi connectivity index (χ1v) is 12.3. The van der Waals surface area contributed by atoms with Crippen LogP contribution in [0.1, 0.15) is 60.9 Å². The largest absolute Gasteiger partial charge is 0.349 e. The Morgan fingerprint density at radius 2 is 1.44 bits per heavy atom. The SMILES string of the molecule is O=C(NC1CCN(CC(=O)N(Cc2ccc(F)cc2)C2CCCCC2)CC1)c1ccc(F)cc1. The molecule has 34 heavy (non-hydrogen) atoms. The number of carbonyl (C=O) groups is 2. The third-order valence-electron chi connectivity index (χ3n) is 6.99. The molecule has 4 rings (SSSR count). The molecule has 0 aromatic heterocycles. The number of piperidine rings is 1. The van der Waals surface area contributed by atoms with Crippen molar-refractivity contribution in [2.75, 3.05) is 19.6 Å². The molecule has 2 amide bonds. The lowest BCUT2D eigenvalue weighted by molar-refractivity contribution is -0.136. The Morgan fingerprint density at radius 1 is 0.853 bits per heavy atom. The van der Waals surface area contributed by atoms with Gasteiger partial charge in [0.1, 0.15) is 11.6 Å². The normalized spacial score (nSPS) is 17.9. The van der Waals surface area contributed by atoms with E-state index in [2.05, 4.69) is 10.2 Å². The molecule has 0 radical (unpaired) electrons. The number of amides is 2. The Balaban J connectivity index is 1.30. The zero-order valence-electron chi connectivity index (χ0n) is 19.5. The van der Waals surface area contributed by atoms with Gasteiger partial charge in [-0.15, -0.1) is 0 Å². The maximum absolute atomic E-state index is 13.4. The summed E-state index contributed by atoms with van der Waals surface area (Å²) in [6.07, 6.45) is 7.05. The second kappa shape index (κ2) is 11.6. The molecular weight excluding hydrogens is 436 g/mol. The lowest BCUT2D eigenvalue weighted by Crippen LogP contribution is -2.50. The topological polar surface area (TPSA) is 52.7 Å². The molecule has 1 aliphatic heterocycles. The molecule has 2 fully saturated rings. The molecule has 1 aliphatic carbocycles. The van der Waals surface area contributed by atoms with Crippen LogP contribution in [0.3, 0.4) is 0 Å². The summed E-state index contributed by atoms with van der Waals surface area (Å²) >= 11 is 0. The lowest BCUT2D eigenvalue weighted by Gasteiger charge is -2.37. The van der Waals surface area contributed by atoms with Crippen LogP contribution in [0.5, 0.6) is 0 Å². The Morgan fingerprint density at radius 3 is 2.06 bits per heavy atom. The van der Waals surface area contributed by atoms with E-state index < -0.39 is 0 Å². The summed E-state index contributed by atoms with van der Waals surface area (Å²) in [5.41, 5.74) is 1.39. The first kappa shape index (κ1) is 24.3. The van der Waals surface area contributed by atoms with Gasteiger partial charge in [0.15, 0.2) is 0 Å². The molecule has 182 valence electrons. The van der Waals surface area contributed by atoms with Crippen LogP contribution in [0.2, 0.25) is 0 Å². The molecule has 2 aliphatic rings. The van der Waals surface area contributed by atoms with Crippen LogP contribution in [0.15, 0.2) is 48.5 Å². The van der Waals surface area contributed by atoms with Crippen molar-refractivity contribution in [3.05, 3.63) is 71.3 Å². The van der Waals surface area contributed by atoms with Gasteiger partial charge in [0.25, 0.3) is 5.91 Å². The number of rotatable bonds is 7. The Hall–Kier alpha value is -2.80. The predicted octanol–water partition coefficient (Wildman–Crippen LogP) is 4.52. The monoisotopic (exact) mass is 469 g/mol. The number of benzene rings is 2. The van der Waals surface area contributed by atoms with Crippen LogP contribution >= 0.6 is 0 Å². The summed E-state index contributed by atoms with van der Waals surface area (Å²) < 4.78 is 26.4. The minimum absolute atomic E-state index is 0.0394. The maximum atomic E-state index is 13.4. The number of carbonyl (C=O) groups excluding carboxylic acids is 2. The van der Waals surface area contributed by atoms with Crippen molar-refractivity contribution in [3.63, 3.8) is 0 Å². The van der Waals surface area contributed by atoms with Gasteiger partial charge in [-0.05, 0) is 67.6 Å². The van der Waals surface area contributed by atoms with Crippen molar-refractivity contribution in [1.82, 2.24) is 15.1 Å². The number of likely N-dealkylation sites (tertiary alicyclic amines) is 1. The van der Waals surface area contributed by atoms with Gasteiger partial charge in [-0.3, -0.25) is 14.5 Å². The van der Waals surface area contributed by atoms with Crippen LogP contribution in [0.25, 0.3) is 0 Å². The fraction of sp³-hybridized carbons (Fsp3) is 0.481. The lowest BCUT2D eigenvalue weighted by atomic mass is 9.93. The van der Waals surface area contributed by atoms with E-state index in [4.69, 9.17) is 0 Å². The molecule has 0 bridgehead atoms. The quantitative estimate of drug-likeness (QED) is 0.649. The van der Waals surface area contributed by atoms with E-state index in [9.17, 15) is 18.4 Å². The van der Waals surface area contributed by atoms with Crippen LogP contribution in [0, 0.1) is 11.6 Å². The highest BCUT2D eigenvalue weighted by atomic mass is 19.1. The van der Waals surface area contributed by atoms with Crippen LogP contribution in [-0.2, 0) is 11.3 Å². The third-order valence-corrected chi connectivity index (χ3v) is 6.99. The van der Waals surface area contributed by atoms with Gasteiger partial charge >= 0.3 is 0 Å². The van der Waals surface area contributed by atoms with E-state index in [1.807, 2.05) is 4.90 Å². The molecule has 1 heterocycles. The summed E-state index contributed by atoms with van der Waals surface area (Å²) in [6.45, 7) is 2.33. The molecule has 5 nitrogen and oxygen atoms in total. The van der Waals surface area contributed by atoms with Gasteiger partial charge in [-0.25, -0.2) is 8.78 Å². The first-order valence-electron chi connectivity index (χ1n) is 12.3. The predicted molar refractivity (Wildman–Crippen MR) is 127 cm³/mol. The third kappa shape index (κ3) is 6.63. The van der Waals surface area contributed by atoms with E-state index in [0.717, 1.165) is 57.2 Å². The summed E-state index contributed by atoms with van der Waals surface area (Å²) in [6, 6.07) is 12.2. The Labute approximate surface area is 200 Å². The second-order valence-electron chi connectivity index (χ2n) is 9.47. The van der Waals surface area contributed by atoms with E-state index in [0.29, 0.717) is 18.7 Å².